The molecule has 0 aliphatic heterocycles. The molecule has 3 rings (SSSR count). The number of rotatable bonds is 5. The van der Waals surface area contributed by atoms with Crippen LogP contribution in [0.3, 0.4) is 0 Å². The van der Waals surface area contributed by atoms with Crippen LogP contribution in [-0.2, 0) is 6.54 Å². The molecular formula is C17H17BrFN3O3. The monoisotopic (exact) mass is 409 g/mol. The summed E-state index contributed by atoms with van der Waals surface area (Å²) < 4.78 is 16.2. The van der Waals surface area contributed by atoms with Gasteiger partial charge >= 0.3 is 0 Å². The molecule has 3 aromatic rings. The lowest BCUT2D eigenvalue weighted by Crippen LogP contribution is -2.24. The number of fused-ring (bicyclic) bond motifs is 1. The van der Waals surface area contributed by atoms with Crippen LogP contribution in [-0.4, -0.2) is 29.9 Å². The Hall–Kier alpha value is -2.35. The minimum absolute atomic E-state index is 0.135. The first-order valence-corrected chi connectivity index (χ1v) is 8.92. The van der Waals surface area contributed by atoms with Gasteiger partial charge in [-0.3, -0.25) is 9.36 Å². The molecule has 0 radical (unpaired) electrons. The molecule has 0 bridgehead atoms. The summed E-state index contributed by atoms with van der Waals surface area (Å²) in [5, 5.41) is 25.8. The molecule has 0 saturated carbocycles. The second-order valence-electron chi connectivity index (χ2n) is 5.75. The number of hydrogen-bond donors (Lipinski definition) is 2. The van der Waals surface area contributed by atoms with Gasteiger partial charge in [0.2, 0.25) is 0 Å². The fraction of sp³-hybridized carbons (Fsp3) is 0.294. The Morgan fingerprint density at radius 3 is 2.72 bits per heavy atom. The van der Waals surface area contributed by atoms with E-state index in [-0.39, 0.29) is 28.3 Å². The Kier molecular flexibility index (Phi) is 4.80. The van der Waals surface area contributed by atoms with Crippen LogP contribution in [0.4, 0.5) is 4.39 Å². The third kappa shape index (κ3) is 3.02. The summed E-state index contributed by atoms with van der Waals surface area (Å²) in [5.41, 5.74) is 0.523. The normalized spacial score (nSPS) is 11.3. The average Bonchev–Trinajstić information content (AvgIpc) is 3.00. The molecule has 0 atom stereocenters. The third-order valence-electron chi connectivity index (χ3n) is 4.11. The number of pyridine rings is 1. The molecule has 132 valence electrons. The molecule has 0 saturated heterocycles. The van der Waals surface area contributed by atoms with Gasteiger partial charge in [-0.05, 0) is 31.9 Å². The maximum absolute atomic E-state index is 13.3. The van der Waals surface area contributed by atoms with Gasteiger partial charge in [0.05, 0.1) is 17.1 Å². The van der Waals surface area contributed by atoms with Crippen LogP contribution in [0.15, 0.2) is 29.2 Å². The number of aryl methyl sites for hydroxylation is 1. The van der Waals surface area contributed by atoms with Gasteiger partial charge in [-0.15, -0.1) is 0 Å². The first-order valence-electron chi connectivity index (χ1n) is 7.80. The molecule has 0 fully saturated rings. The van der Waals surface area contributed by atoms with Gasteiger partial charge in [-0.1, -0.05) is 15.9 Å². The minimum atomic E-state index is -0.578. The van der Waals surface area contributed by atoms with Crippen molar-refractivity contribution < 1.29 is 14.6 Å². The molecule has 25 heavy (non-hydrogen) atoms. The topological polar surface area (TPSA) is 80.3 Å². The highest BCUT2D eigenvalue weighted by Gasteiger charge is 2.19. The Balaban J connectivity index is 2.29. The maximum atomic E-state index is 13.3. The number of nitrogens with zero attached hydrogens (tertiary/aromatic N) is 3. The molecule has 6 nitrogen and oxygen atoms in total. The van der Waals surface area contributed by atoms with Crippen LogP contribution < -0.4 is 5.56 Å². The number of benzene rings is 1. The number of unbranched alkanes of at least 4 members (excludes halogenated alkanes) is 1. The van der Waals surface area contributed by atoms with Crippen molar-refractivity contribution in [2.75, 3.05) is 5.33 Å². The largest absolute Gasteiger partial charge is 0.507 e. The van der Waals surface area contributed by atoms with Crippen molar-refractivity contribution in [1.29, 1.82) is 0 Å². The summed E-state index contributed by atoms with van der Waals surface area (Å²) in [4.78, 5) is 12.6. The van der Waals surface area contributed by atoms with E-state index < -0.39 is 5.82 Å². The summed E-state index contributed by atoms with van der Waals surface area (Å²) in [5.74, 6) is -1.01. The highest BCUT2D eigenvalue weighted by atomic mass is 79.9. The molecule has 1 aromatic carbocycles. The maximum Gasteiger partial charge on any atom is 0.258 e. The molecule has 8 heteroatoms. The van der Waals surface area contributed by atoms with Gasteiger partial charge < -0.3 is 10.2 Å². The number of hydrogen-bond acceptors (Lipinski definition) is 4. The van der Waals surface area contributed by atoms with Gasteiger partial charge in [0.1, 0.15) is 23.0 Å². The minimum Gasteiger partial charge on any atom is -0.507 e. The summed E-state index contributed by atoms with van der Waals surface area (Å²) in [6.07, 6.45) is 3.07. The third-order valence-corrected chi connectivity index (χ3v) is 4.67. The van der Waals surface area contributed by atoms with E-state index in [2.05, 4.69) is 21.0 Å². The Bertz CT molecular complexity index is 997. The summed E-state index contributed by atoms with van der Waals surface area (Å²) >= 11 is 3.36. The lowest BCUT2D eigenvalue weighted by Gasteiger charge is -2.14. The van der Waals surface area contributed by atoms with Crippen LogP contribution in [0.25, 0.3) is 16.7 Å². The van der Waals surface area contributed by atoms with Crippen molar-refractivity contribution >= 4 is 27.0 Å². The Morgan fingerprint density at radius 1 is 1.28 bits per heavy atom. The first kappa shape index (κ1) is 17.5. The summed E-state index contributed by atoms with van der Waals surface area (Å²) in [6, 6.07) is 3.55. The number of halogens is 2. The predicted octanol–water partition coefficient (Wildman–Crippen LogP) is 3.22. The molecule has 2 N–H and O–H groups in total. The van der Waals surface area contributed by atoms with E-state index in [1.54, 1.807) is 6.92 Å². The summed E-state index contributed by atoms with van der Waals surface area (Å²) in [7, 11) is 0. The standard InChI is InChI=1S/C17H17BrFN3O3/c1-10-15(24)12-9-20-22(13-5-4-11(19)8-14(13)23)16(12)21(17(10)25)7-3-2-6-18/h4-5,8-9,23-24H,2-3,6-7H2,1H3. The average molecular weight is 410 g/mol. The smallest absolute Gasteiger partial charge is 0.258 e. The van der Waals surface area contributed by atoms with E-state index in [0.29, 0.717) is 17.6 Å². The molecular weight excluding hydrogens is 393 g/mol. The zero-order chi connectivity index (χ0) is 18.1. The predicted molar refractivity (Wildman–Crippen MR) is 96.4 cm³/mol. The van der Waals surface area contributed by atoms with Gasteiger partial charge in [0.15, 0.2) is 5.65 Å². The number of aromatic hydroxyl groups is 2. The molecule has 0 aliphatic rings. The van der Waals surface area contributed by atoms with Crippen molar-refractivity contribution in [3.05, 3.63) is 46.1 Å². The number of alkyl halides is 1. The zero-order valence-electron chi connectivity index (χ0n) is 13.5. The zero-order valence-corrected chi connectivity index (χ0v) is 15.1. The fourth-order valence-electron chi connectivity index (χ4n) is 2.79. The molecule has 0 unspecified atom stereocenters. The van der Waals surface area contributed by atoms with Crippen LogP contribution in [0.1, 0.15) is 18.4 Å². The second kappa shape index (κ2) is 6.87. The number of phenolic OH excluding ortho intramolecular Hbond substituents is 1. The Morgan fingerprint density at radius 2 is 2.04 bits per heavy atom. The highest BCUT2D eigenvalue weighted by molar-refractivity contribution is 9.09. The van der Waals surface area contributed by atoms with E-state index in [1.165, 1.54) is 27.6 Å². The van der Waals surface area contributed by atoms with Crippen LogP contribution in [0, 0.1) is 12.7 Å². The highest BCUT2D eigenvalue weighted by Crippen LogP contribution is 2.30. The fourth-order valence-corrected chi connectivity index (χ4v) is 3.19. The van der Waals surface area contributed by atoms with Crippen LogP contribution >= 0.6 is 15.9 Å². The van der Waals surface area contributed by atoms with Gasteiger partial charge in [0.25, 0.3) is 5.56 Å². The number of aromatic nitrogens is 3. The lowest BCUT2D eigenvalue weighted by atomic mass is 10.2. The van der Waals surface area contributed by atoms with Gasteiger partial charge in [-0.25, -0.2) is 9.07 Å². The van der Waals surface area contributed by atoms with Crippen molar-refractivity contribution in [2.24, 2.45) is 0 Å². The lowest BCUT2D eigenvalue weighted by molar-refractivity contribution is 0.463. The van der Waals surface area contributed by atoms with Crippen LogP contribution in [0.5, 0.6) is 11.5 Å². The van der Waals surface area contributed by atoms with E-state index in [9.17, 15) is 19.4 Å². The molecule has 2 aromatic heterocycles. The van der Waals surface area contributed by atoms with Gasteiger partial charge in [-0.2, -0.15) is 5.10 Å². The van der Waals surface area contributed by atoms with E-state index >= 15 is 0 Å². The van der Waals surface area contributed by atoms with E-state index in [1.807, 2.05) is 0 Å². The molecule has 0 spiro atoms. The van der Waals surface area contributed by atoms with Gasteiger partial charge in [0, 0.05) is 17.9 Å². The SMILES string of the molecule is Cc1c(O)c2cnn(-c3ccc(F)cc3O)c2n(CCCCBr)c1=O. The van der Waals surface area contributed by atoms with E-state index in [4.69, 9.17) is 0 Å². The second-order valence-corrected chi connectivity index (χ2v) is 6.55. The first-order chi connectivity index (χ1) is 12.0. The molecule has 2 heterocycles. The summed E-state index contributed by atoms with van der Waals surface area (Å²) in [6.45, 7) is 2.00. The van der Waals surface area contributed by atoms with Crippen LogP contribution in [0.2, 0.25) is 0 Å². The van der Waals surface area contributed by atoms with Crippen molar-refractivity contribution in [3.8, 4) is 17.2 Å². The number of phenols is 1. The molecule has 0 aliphatic carbocycles. The Labute approximate surface area is 151 Å². The quantitative estimate of drug-likeness (QED) is 0.500. The van der Waals surface area contributed by atoms with E-state index in [0.717, 1.165) is 24.2 Å². The van der Waals surface area contributed by atoms with Crippen molar-refractivity contribution in [1.82, 2.24) is 14.3 Å². The van der Waals surface area contributed by atoms with Crippen molar-refractivity contribution in [3.63, 3.8) is 0 Å². The molecule has 0 amide bonds. The van der Waals surface area contributed by atoms with Crippen molar-refractivity contribution in [2.45, 2.75) is 26.3 Å².